The standard InChI is InChI=1S/C26H23N3O4/c1-32-24-14-8-6-12-22(24)29-25(30)18-33-23-13-7-5-11-20(23)15-21(16-27)26(31)28-17-19-9-3-2-4-10-19/h2-15H,17-18H2,1H3,(H,28,31)(H,29,30). The lowest BCUT2D eigenvalue weighted by Gasteiger charge is -2.12. The molecule has 2 N–H and O–H groups in total. The number of rotatable bonds is 9. The molecule has 0 bridgehead atoms. The van der Waals surface area contributed by atoms with Gasteiger partial charge < -0.3 is 20.1 Å². The molecule has 0 fully saturated rings. The molecular formula is C26H23N3O4. The van der Waals surface area contributed by atoms with Crippen LogP contribution in [0.4, 0.5) is 5.69 Å². The lowest BCUT2D eigenvalue weighted by Crippen LogP contribution is -2.24. The molecule has 0 radical (unpaired) electrons. The molecule has 3 rings (SSSR count). The summed E-state index contributed by atoms with van der Waals surface area (Å²) in [5.41, 5.74) is 1.89. The molecular weight excluding hydrogens is 418 g/mol. The zero-order valence-corrected chi connectivity index (χ0v) is 18.1. The minimum absolute atomic E-state index is 0.0690. The van der Waals surface area contributed by atoms with E-state index in [9.17, 15) is 14.9 Å². The van der Waals surface area contributed by atoms with Gasteiger partial charge in [0.25, 0.3) is 11.8 Å². The SMILES string of the molecule is COc1ccccc1NC(=O)COc1ccccc1C=C(C#N)C(=O)NCc1ccccc1. The Balaban J connectivity index is 1.66. The van der Waals surface area contributed by atoms with Crippen LogP contribution in [0.25, 0.3) is 6.08 Å². The van der Waals surface area contributed by atoms with Gasteiger partial charge >= 0.3 is 0 Å². The van der Waals surface area contributed by atoms with Crippen molar-refractivity contribution in [2.75, 3.05) is 19.0 Å². The first-order chi connectivity index (χ1) is 16.1. The number of hydrogen-bond donors (Lipinski definition) is 2. The maximum absolute atomic E-state index is 12.5. The van der Waals surface area contributed by atoms with Gasteiger partial charge in [-0.3, -0.25) is 9.59 Å². The summed E-state index contributed by atoms with van der Waals surface area (Å²) in [6.07, 6.45) is 1.44. The predicted octanol–water partition coefficient (Wildman–Crippen LogP) is 3.94. The van der Waals surface area contributed by atoms with E-state index in [1.807, 2.05) is 36.4 Å². The van der Waals surface area contributed by atoms with Gasteiger partial charge in [-0.15, -0.1) is 0 Å². The number of amides is 2. The molecule has 0 saturated heterocycles. The lowest BCUT2D eigenvalue weighted by molar-refractivity contribution is -0.118. The number of ether oxygens (including phenoxy) is 2. The zero-order chi connectivity index (χ0) is 23.5. The van der Waals surface area contributed by atoms with Crippen LogP contribution < -0.4 is 20.1 Å². The number of methoxy groups -OCH3 is 1. The first-order valence-electron chi connectivity index (χ1n) is 10.2. The van der Waals surface area contributed by atoms with Crippen LogP contribution in [0.2, 0.25) is 0 Å². The van der Waals surface area contributed by atoms with E-state index in [1.165, 1.54) is 13.2 Å². The highest BCUT2D eigenvalue weighted by atomic mass is 16.5. The summed E-state index contributed by atoms with van der Waals surface area (Å²) in [4.78, 5) is 24.8. The van der Waals surface area contributed by atoms with E-state index in [1.54, 1.807) is 48.5 Å². The molecule has 2 amide bonds. The van der Waals surface area contributed by atoms with Crippen molar-refractivity contribution in [3.8, 4) is 17.6 Å². The van der Waals surface area contributed by atoms with E-state index in [2.05, 4.69) is 10.6 Å². The second kappa shape index (κ2) is 11.7. The van der Waals surface area contributed by atoms with Gasteiger partial charge in [-0.25, -0.2) is 0 Å². The number of nitriles is 1. The fraction of sp³-hybridized carbons (Fsp3) is 0.115. The number of hydrogen-bond acceptors (Lipinski definition) is 5. The summed E-state index contributed by atoms with van der Waals surface area (Å²) in [7, 11) is 1.52. The minimum Gasteiger partial charge on any atom is -0.495 e. The van der Waals surface area contributed by atoms with Crippen LogP contribution in [-0.4, -0.2) is 25.5 Å². The molecule has 3 aromatic carbocycles. The zero-order valence-electron chi connectivity index (χ0n) is 18.1. The van der Waals surface area contributed by atoms with E-state index in [0.717, 1.165) is 5.56 Å². The van der Waals surface area contributed by atoms with Crippen LogP contribution in [-0.2, 0) is 16.1 Å². The Kier molecular flexibility index (Phi) is 8.21. The predicted molar refractivity (Wildman–Crippen MR) is 125 cm³/mol. The highest BCUT2D eigenvalue weighted by Gasteiger charge is 2.12. The van der Waals surface area contributed by atoms with Gasteiger partial charge in [0.1, 0.15) is 23.1 Å². The van der Waals surface area contributed by atoms with E-state index >= 15 is 0 Å². The Morgan fingerprint density at radius 2 is 1.61 bits per heavy atom. The van der Waals surface area contributed by atoms with Gasteiger partial charge in [0.2, 0.25) is 0 Å². The number of nitrogens with zero attached hydrogens (tertiary/aromatic N) is 1. The third-order valence-electron chi connectivity index (χ3n) is 4.62. The maximum Gasteiger partial charge on any atom is 0.262 e. The molecule has 7 heteroatoms. The van der Waals surface area contributed by atoms with Crippen LogP contribution in [0.3, 0.4) is 0 Å². The number of nitrogens with one attached hydrogen (secondary N) is 2. The third-order valence-corrected chi connectivity index (χ3v) is 4.62. The van der Waals surface area contributed by atoms with Gasteiger partial charge in [-0.05, 0) is 29.8 Å². The van der Waals surface area contributed by atoms with Crippen molar-refractivity contribution in [3.63, 3.8) is 0 Å². The second-order valence-corrected chi connectivity index (χ2v) is 6.91. The van der Waals surface area contributed by atoms with Crippen molar-refractivity contribution in [1.82, 2.24) is 5.32 Å². The van der Waals surface area contributed by atoms with Crippen molar-refractivity contribution in [2.45, 2.75) is 6.54 Å². The summed E-state index contributed by atoms with van der Waals surface area (Å²) < 4.78 is 10.9. The first-order valence-corrected chi connectivity index (χ1v) is 10.2. The molecule has 0 aliphatic heterocycles. The Morgan fingerprint density at radius 1 is 0.939 bits per heavy atom. The molecule has 166 valence electrons. The maximum atomic E-state index is 12.5. The molecule has 33 heavy (non-hydrogen) atoms. The number of carbonyl (C=O) groups is 2. The van der Waals surface area contributed by atoms with Crippen LogP contribution in [0, 0.1) is 11.3 Å². The highest BCUT2D eigenvalue weighted by molar-refractivity contribution is 6.02. The number of para-hydroxylation sites is 3. The van der Waals surface area contributed by atoms with Crippen LogP contribution >= 0.6 is 0 Å². The molecule has 0 atom stereocenters. The van der Waals surface area contributed by atoms with Gasteiger partial charge in [0.05, 0.1) is 12.8 Å². The van der Waals surface area contributed by atoms with Crippen molar-refractivity contribution in [2.24, 2.45) is 0 Å². The fourth-order valence-electron chi connectivity index (χ4n) is 2.99. The minimum atomic E-state index is -0.495. The van der Waals surface area contributed by atoms with Crippen LogP contribution in [0.1, 0.15) is 11.1 Å². The topological polar surface area (TPSA) is 100 Å². The number of anilines is 1. The lowest BCUT2D eigenvalue weighted by atomic mass is 10.1. The quantitative estimate of drug-likeness (QED) is 0.387. The van der Waals surface area contributed by atoms with Crippen LogP contribution in [0.15, 0.2) is 84.4 Å². The molecule has 0 spiro atoms. The average Bonchev–Trinajstić information content (AvgIpc) is 2.86. The molecule has 0 saturated carbocycles. The van der Waals surface area contributed by atoms with Gasteiger partial charge in [-0.1, -0.05) is 60.7 Å². The molecule has 3 aromatic rings. The highest BCUT2D eigenvalue weighted by Crippen LogP contribution is 2.24. The van der Waals surface area contributed by atoms with E-state index in [0.29, 0.717) is 29.3 Å². The Hall–Kier alpha value is -4.57. The Labute approximate surface area is 192 Å². The largest absolute Gasteiger partial charge is 0.495 e. The van der Waals surface area contributed by atoms with Gasteiger partial charge in [-0.2, -0.15) is 5.26 Å². The molecule has 7 nitrogen and oxygen atoms in total. The molecule has 0 aromatic heterocycles. The van der Waals surface area contributed by atoms with Crippen LogP contribution in [0.5, 0.6) is 11.5 Å². The average molecular weight is 441 g/mol. The summed E-state index contributed by atoms with van der Waals surface area (Å²) in [5.74, 6) is 0.0371. The second-order valence-electron chi connectivity index (χ2n) is 6.91. The van der Waals surface area contributed by atoms with Crippen molar-refractivity contribution in [3.05, 3.63) is 95.6 Å². The number of carbonyl (C=O) groups excluding carboxylic acids is 2. The Morgan fingerprint density at radius 3 is 2.33 bits per heavy atom. The molecule has 0 unspecified atom stereocenters. The third kappa shape index (κ3) is 6.71. The fourth-order valence-corrected chi connectivity index (χ4v) is 2.99. The molecule has 0 aliphatic carbocycles. The van der Waals surface area contributed by atoms with E-state index in [4.69, 9.17) is 9.47 Å². The van der Waals surface area contributed by atoms with Gasteiger partial charge in [0.15, 0.2) is 6.61 Å². The number of benzene rings is 3. The smallest absolute Gasteiger partial charge is 0.262 e. The van der Waals surface area contributed by atoms with Gasteiger partial charge in [0, 0.05) is 12.1 Å². The summed E-state index contributed by atoms with van der Waals surface area (Å²) >= 11 is 0. The monoisotopic (exact) mass is 441 g/mol. The summed E-state index contributed by atoms with van der Waals surface area (Å²) in [6.45, 7) is 0.0466. The molecule has 0 heterocycles. The Bertz CT molecular complexity index is 1180. The summed E-state index contributed by atoms with van der Waals surface area (Å²) in [6, 6.07) is 25.2. The summed E-state index contributed by atoms with van der Waals surface area (Å²) in [5, 5.41) is 14.9. The van der Waals surface area contributed by atoms with Crippen molar-refractivity contribution in [1.29, 1.82) is 5.26 Å². The molecule has 0 aliphatic rings. The van der Waals surface area contributed by atoms with Crippen molar-refractivity contribution < 1.29 is 19.1 Å². The van der Waals surface area contributed by atoms with E-state index in [-0.39, 0.29) is 18.1 Å². The van der Waals surface area contributed by atoms with E-state index < -0.39 is 5.91 Å². The van der Waals surface area contributed by atoms with Crippen molar-refractivity contribution >= 4 is 23.6 Å². The first kappa shape index (κ1) is 23.1. The normalized spacial score (nSPS) is 10.6.